The zero-order chi connectivity index (χ0) is 10.4. The molecule has 0 bridgehead atoms. The molecular weight excluding hydrogens is 201 g/mol. The van der Waals surface area contributed by atoms with E-state index >= 15 is 0 Å². The summed E-state index contributed by atoms with van der Waals surface area (Å²) < 4.78 is 12.8. The fourth-order valence-electron chi connectivity index (χ4n) is 0.920. The van der Waals surface area contributed by atoms with Crippen molar-refractivity contribution in [1.29, 1.82) is 0 Å². The van der Waals surface area contributed by atoms with Gasteiger partial charge in [-0.3, -0.25) is 0 Å². The van der Waals surface area contributed by atoms with Crippen molar-refractivity contribution in [3.05, 3.63) is 34.6 Å². The SMILES string of the molecule is CCNCC#Cc1cc(F)ccc1Cl. The van der Waals surface area contributed by atoms with Gasteiger partial charge in [0, 0.05) is 5.56 Å². The molecule has 74 valence electrons. The maximum Gasteiger partial charge on any atom is 0.124 e. The van der Waals surface area contributed by atoms with E-state index in [2.05, 4.69) is 17.2 Å². The molecule has 0 spiro atoms. The van der Waals surface area contributed by atoms with Gasteiger partial charge in [0.2, 0.25) is 0 Å². The third-order valence-electron chi connectivity index (χ3n) is 1.61. The van der Waals surface area contributed by atoms with Gasteiger partial charge in [-0.15, -0.1) is 0 Å². The first-order valence-electron chi connectivity index (χ1n) is 4.38. The van der Waals surface area contributed by atoms with Crippen LogP contribution in [0.1, 0.15) is 12.5 Å². The predicted octanol–water partition coefficient (Wildman–Crippen LogP) is 2.44. The molecule has 0 unspecified atom stereocenters. The van der Waals surface area contributed by atoms with Crippen LogP contribution in [0.3, 0.4) is 0 Å². The van der Waals surface area contributed by atoms with Crippen LogP contribution in [0.2, 0.25) is 5.02 Å². The summed E-state index contributed by atoms with van der Waals surface area (Å²) in [5.41, 5.74) is 0.532. The first kappa shape index (κ1) is 11.0. The Morgan fingerprint density at radius 3 is 3.00 bits per heavy atom. The molecule has 0 atom stereocenters. The van der Waals surface area contributed by atoms with Crippen molar-refractivity contribution >= 4 is 11.6 Å². The van der Waals surface area contributed by atoms with E-state index in [0.717, 1.165) is 6.54 Å². The Bertz CT molecular complexity index is 365. The highest BCUT2D eigenvalue weighted by molar-refractivity contribution is 6.31. The van der Waals surface area contributed by atoms with E-state index in [1.165, 1.54) is 18.2 Å². The molecule has 1 nitrogen and oxygen atoms in total. The molecule has 0 aromatic heterocycles. The Kier molecular flexibility index (Phi) is 4.45. The molecule has 1 aromatic rings. The molecule has 0 radical (unpaired) electrons. The zero-order valence-electron chi connectivity index (χ0n) is 7.90. The first-order chi connectivity index (χ1) is 6.74. The summed E-state index contributed by atoms with van der Waals surface area (Å²) >= 11 is 5.82. The molecule has 1 N–H and O–H groups in total. The summed E-state index contributed by atoms with van der Waals surface area (Å²) in [5, 5.41) is 3.52. The van der Waals surface area contributed by atoms with Crippen LogP contribution in [-0.2, 0) is 0 Å². The Labute approximate surface area is 88.3 Å². The van der Waals surface area contributed by atoms with Crippen molar-refractivity contribution < 1.29 is 4.39 Å². The van der Waals surface area contributed by atoms with Gasteiger partial charge in [-0.25, -0.2) is 4.39 Å². The van der Waals surface area contributed by atoms with Gasteiger partial charge in [-0.2, -0.15) is 0 Å². The van der Waals surface area contributed by atoms with E-state index in [-0.39, 0.29) is 5.82 Å². The van der Waals surface area contributed by atoms with Crippen LogP contribution in [0.25, 0.3) is 0 Å². The Balaban J connectivity index is 2.73. The number of halogens is 2. The van der Waals surface area contributed by atoms with E-state index in [1.807, 2.05) is 6.92 Å². The van der Waals surface area contributed by atoms with E-state index in [0.29, 0.717) is 17.1 Å². The van der Waals surface area contributed by atoms with Crippen LogP contribution in [0, 0.1) is 17.7 Å². The summed E-state index contributed by atoms with van der Waals surface area (Å²) in [6, 6.07) is 4.16. The summed E-state index contributed by atoms with van der Waals surface area (Å²) in [7, 11) is 0. The van der Waals surface area contributed by atoms with Crippen LogP contribution in [-0.4, -0.2) is 13.1 Å². The monoisotopic (exact) mass is 211 g/mol. The number of hydrogen-bond donors (Lipinski definition) is 1. The quantitative estimate of drug-likeness (QED) is 0.585. The maximum absolute atomic E-state index is 12.8. The molecule has 0 saturated heterocycles. The van der Waals surface area contributed by atoms with Crippen LogP contribution in [0.4, 0.5) is 4.39 Å². The summed E-state index contributed by atoms with van der Waals surface area (Å²) in [5.74, 6) is 5.35. The van der Waals surface area contributed by atoms with Crippen LogP contribution < -0.4 is 5.32 Å². The summed E-state index contributed by atoms with van der Waals surface area (Å²) in [4.78, 5) is 0. The average molecular weight is 212 g/mol. The maximum atomic E-state index is 12.8. The minimum atomic E-state index is -0.317. The Morgan fingerprint density at radius 1 is 1.50 bits per heavy atom. The molecule has 14 heavy (non-hydrogen) atoms. The molecular formula is C11H11ClFN. The van der Waals surface area contributed by atoms with Crippen LogP contribution in [0.5, 0.6) is 0 Å². The van der Waals surface area contributed by atoms with E-state index in [1.54, 1.807) is 0 Å². The normalized spacial score (nSPS) is 9.36. The molecule has 0 saturated carbocycles. The van der Waals surface area contributed by atoms with Gasteiger partial charge in [-0.1, -0.05) is 30.4 Å². The standard InChI is InChI=1S/C11H11ClFN/c1-2-14-7-3-4-9-8-10(13)5-6-11(9)12/h5-6,8,14H,2,7H2,1H3. The highest BCUT2D eigenvalue weighted by atomic mass is 35.5. The fourth-order valence-corrected chi connectivity index (χ4v) is 1.09. The molecule has 0 fully saturated rings. The number of benzene rings is 1. The lowest BCUT2D eigenvalue weighted by Gasteiger charge is -1.95. The number of rotatable bonds is 2. The van der Waals surface area contributed by atoms with E-state index < -0.39 is 0 Å². The average Bonchev–Trinajstić information content (AvgIpc) is 2.18. The summed E-state index contributed by atoms with van der Waals surface area (Å²) in [6.07, 6.45) is 0. The third-order valence-corrected chi connectivity index (χ3v) is 1.94. The number of nitrogens with one attached hydrogen (secondary N) is 1. The smallest absolute Gasteiger partial charge is 0.124 e. The van der Waals surface area contributed by atoms with Gasteiger partial charge in [0.25, 0.3) is 0 Å². The molecule has 0 aliphatic heterocycles. The van der Waals surface area contributed by atoms with Crippen molar-refractivity contribution in [2.24, 2.45) is 0 Å². The Hall–Kier alpha value is -1.04. The van der Waals surface area contributed by atoms with Gasteiger partial charge < -0.3 is 5.32 Å². The van der Waals surface area contributed by atoms with Gasteiger partial charge >= 0.3 is 0 Å². The van der Waals surface area contributed by atoms with Gasteiger partial charge in [0.15, 0.2) is 0 Å². The molecule has 0 aliphatic rings. The van der Waals surface area contributed by atoms with E-state index in [4.69, 9.17) is 11.6 Å². The van der Waals surface area contributed by atoms with Crippen molar-refractivity contribution in [2.45, 2.75) is 6.92 Å². The lowest BCUT2D eigenvalue weighted by Crippen LogP contribution is -2.11. The Morgan fingerprint density at radius 2 is 2.29 bits per heavy atom. The van der Waals surface area contributed by atoms with Crippen LogP contribution in [0.15, 0.2) is 18.2 Å². The third kappa shape index (κ3) is 3.37. The minimum absolute atomic E-state index is 0.317. The van der Waals surface area contributed by atoms with Crippen molar-refractivity contribution in [2.75, 3.05) is 13.1 Å². The van der Waals surface area contributed by atoms with Gasteiger partial charge in [0.1, 0.15) is 5.82 Å². The lowest BCUT2D eigenvalue weighted by molar-refractivity contribution is 0.627. The largest absolute Gasteiger partial charge is 0.306 e. The highest BCUT2D eigenvalue weighted by Crippen LogP contribution is 2.15. The first-order valence-corrected chi connectivity index (χ1v) is 4.76. The molecule has 1 rings (SSSR count). The second-order valence-corrected chi connectivity index (χ2v) is 3.11. The highest BCUT2D eigenvalue weighted by Gasteiger charge is 1.97. The molecule has 3 heteroatoms. The molecule has 1 aromatic carbocycles. The minimum Gasteiger partial charge on any atom is -0.306 e. The molecule has 0 amide bonds. The van der Waals surface area contributed by atoms with Crippen LogP contribution >= 0.6 is 11.6 Å². The second-order valence-electron chi connectivity index (χ2n) is 2.71. The van der Waals surface area contributed by atoms with E-state index in [9.17, 15) is 4.39 Å². The predicted molar refractivity (Wildman–Crippen MR) is 56.8 cm³/mol. The molecule has 0 heterocycles. The van der Waals surface area contributed by atoms with Gasteiger partial charge in [-0.05, 0) is 24.7 Å². The topological polar surface area (TPSA) is 12.0 Å². The fraction of sp³-hybridized carbons (Fsp3) is 0.273. The summed E-state index contributed by atoms with van der Waals surface area (Å²) in [6.45, 7) is 3.45. The number of hydrogen-bond acceptors (Lipinski definition) is 1. The van der Waals surface area contributed by atoms with Crippen molar-refractivity contribution in [1.82, 2.24) is 5.32 Å². The van der Waals surface area contributed by atoms with Crippen molar-refractivity contribution in [3.8, 4) is 11.8 Å². The molecule has 0 aliphatic carbocycles. The zero-order valence-corrected chi connectivity index (χ0v) is 8.66. The second kappa shape index (κ2) is 5.64. The lowest BCUT2D eigenvalue weighted by atomic mass is 10.2. The van der Waals surface area contributed by atoms with Gasteiger partial charge in [0.05, 0.1) is 11.6 Å². The van der Waals surface area contributed by atoms with Crippen molar-refractivity contribution in [3.63, 3.8) is 0 Å².